The summed E-state index contributed by atoms with van der Waals surface area (Å²) in [6.45, 7) is 11.6. The number of piperazine rings is 1. The van der Waals surface area contributed by atoms with Crippen LogP contribution < -0.4 is 10.6 Å². The average molecular weight is 294 g/mol. The van der Waals surface area contributed by atoms with Crippen LogP contribution in [0.3, 0.4) is 0 Å². The van der Waals surface area contributed by atoms with E-state index < -0.39 is 0 Å². The van der Waals surface area contributed by atoms with Crippen molar-refractivity contribution in [2.45, 2.75) is 26.2 Å². The highest BCUT2D eigenvalue weighted by Crippen LogP contribution is 2.28. The molecule has 2 unspecified atom stereocenters. The van der Waals surface area contributed by atoms with E-state index in [2.05, 4.69) is 27.4 Å². The molecule has 1 amide bonds. The molecule has 0 bridgehead atoms. The molecule has 0 spiro atoms. The molecule has 3 fully saturated rings. The van der Waals surface area contributed by atoms with Crippen molar-refractivity contribution in [3.63, 3.8) is 0 Å². The first kappa shape index (κ1) is 15.3. The number of nitrogens with zero attached hydrogens (tertiary/aromatic N) is 2. The second-order valence-electron chi connectivity index (χ2n) is 7.39. The second kappa shape index (κ2) is 6.63. The summed E-state index contributed by atoms with van der Waals surface area (Å²) in [4.78, 5) is 17.3. The summed E-state index contributed by atoms with van der Waals surface area (Å²) in [6, 6.07) is 0. The lowest BCUT2D eigenvalue weighted by molar-refractivity contribution is -0.138. The number of piperidine rings is 1. The highest BCUT2D eigenvalue weighted by Gasteiger charge is 2.35. The molecule has 3 aliphatic heterocycles. The monoisotopic (exact) mass is 294 g/mol. The maximum Gasteiger partial charge on any atom is 0.227 e. The van der Waals surface area contributed by atoms with Crippen molar-refractivity contribution in [2.75, 3.05) is 58.9 Å². The Morgan fingerprint density at radius 2 is 2.00 bits per heavy atom. The molecule has 120 valence electrons. The van der Waals surface area contributed by atoms with Crippen molar-refractivity contribution in [2.24, 2.45) is 11.3 Å². The van der Waals surface area contributed by atoms with Crippen molar-refractivity contribution in [1.29, 1.82) is 0 Å². The molecule has 21 heavy (non-hydrogen) atoms. The van der Waals surface area contributed by atoms with Gasteiger partial charge in [-0.1, -0.05) is 6.92 Å². The van der Waals surface area contributed by atoms with Gasteiger partial charge in [0, 0.05) is 45.8 Å². The van der Waals surface area contributed by atoms with Gasteiger partial charge in [0.05, 0.1) is 5.92 Å². The van der Waals surface area contributed by atoms with E-state index in [1.807, 2.05) is 0 Å². The lowest BCUT2D eigenvalue weighted by Gasteiger charge is -2.39. The predicted molar refractivity (Wildman–Crippen MR) is 84.2 cm³/mol. The second-order valence-corrected chi connectivity index (χ2v) is 7.39. The van der Waals surface area contributed by atoms with Gasteiger partial charge in [-0.25, -0.2) is 0 Å². The fourth-order valence-electron chi connectivity index (χ4n) is 4.09. The van der Waals surface area contributed by atoms with Gasteiger partial charge in [-0.3, -0.25) is 4.79 Å². The number of hydrogen-bond acceptors (Lipinski definition) is 4. The molecule has 0 aliphatic carbocycles. The van der Waals surface area contributed by atoms with Crippen LogP contribution in [0.2, 0.25) is 0 Å². The van der Waals surface area contributed by atoms with E-state index in [0.717, 1.165) is 58.8 Å². The van der Waals surface area contributed by atoms with E-state index in [9.17, 15) is 4.79 Å². The van der Waals surface area contributed by atoms with Crippen molar-refractivity contribution in [1.82, 2.24) is 20.4 Å². The molecule has 0 aromatic heterocycles. The van der Waals surface area contributed by atoms with Gasteiger partial charge in [-0.05, 0) is 37.8 Å². The van der Waals surface area contributed by atoms with Gasteiger partial charge < -0.3 is 20.4 Å². The summed E-state index contributed by atoms with van der Waals surface area (Å²) in [5, 5.41) is 6.80. The van der Waals surface area contributed by atoms with Gasteiger partial charge in [0.15, 0.2) is 0 Å². The third-order valence-corrected chi connectivity index (χ3v) is 5.35. The fourth-order valence-corrected chi connectivity index (χ4v) is 4.09. The minimum absolute atomic E-state index is 0.231. The Morgan fingerprint density at radius 3 is 2.71 bits per heavy atom. The molecule has 0 aromatic rings. The zero-order chi connectivity index (χ0) is 14.7. The van der Waals surface area contributed by atoms with Gasteiger partial charge in [0.1, 0.15) is 0 Å². The van der Waals surface area contributed by atoms with Crippen molar-refractivity contribution in [3.05, 3.63) is 0 Å². The Morgan fingerprint density at radius 1 is 1.19 bits per heavy atom. The van der Waals surface area contributed by atoms with Gasteiger partial charge in [-0.15, -0.1) is 0 Å². The number of carbonyl (C=O) groups excluding carboxylic acids is 1. The van der Waals surface area contributed by atoms with Gasteiger partial charge >= 0.3 is 0 Å². The summed E-state index contributed by atoms with van der Waals surface area (Å²) in [7, 11) is 0. The summed E-state index contributed by atoms with van der Waals surface area (Å²) in [5.41, 5.74) is 0.403. The molecule has 2 N–H and O–H groups in total. The lowest BCUT2D eigenvalue weighted by atomic mass is 9.87. The maximum absolute atomic E-state index is 12.7. The zero-order valence-corrected chi connectivity index (χ0v) is 13.4. The van der Waals surface area contributed by atoms with E-state index in [1.165, 1.54) is 19.4 Å². The molecule has 5 nitrogen and oxygen atoms in total. The van der Waals surface area contributed by atoms with Crippen LogP contribution in [0.5, 0.6) is 0 Å². The molecule has 5 heteroatoms. The highest BCUT2D eigenvalue weighted by atomic mass is 16.2. The third-order valence-electron chi connectivity index (χ3n) is 5.35. The van der Waals surface area contributed by atoms with Crippen LogP contribution in [0, 0.1) is 11.3 Å². The first-order valence-corrected chi connectivity index (χ1v) is 8.59. The zero-order valence-electron chi connectivity index (χ0n) is 13.4. The quantitative estimate of drug-likeness (QED) is 0.777. The molecule has 3 rings (SSSR count). The van der Waals surface area contributed by atoms with Crippen LogP contribution >= 0.6 is 0 Å². The topological polar surface area (TPSA) is 47.6 Å². The summed E-state index contributed by atoms with van der Waals surface area (Å²) in [6.07, 6.45) is 3.51. The first-order valence-electron chi connectivity index (χ1n) is 8.59. The van der Waals surface area contributed by atoms with E-state index >= 15 is 0 Å². The van der Waals surface area contributed by atoms with Gasteiger partial charge in [-0.2, -0.15) is 0 Å². The Balaban J connectivity index is 1.53. The molecule has 3 aliphatic rings. The van der Waals surface area contributed by atoms with Crippen molar-refractivity contribution >= 4 is 5.91 Å². The minimum atomic E-state index is 0.231. The third kappa shape index (κ3) is 3.76. The molecule has 0 aromatic carbocycles. The normalized spacial score (nSPS) is 35.1. The van der Waals surface area contributed by atoms with Crippen LogP contribution in [0.25, 0.3) is 0 Å². The Hall–Kier alpha value is -0.650. The number of hydrogen-bond donors (Lipinski definition) is 2. The maximum atomic E-state index is 12.7. The number of rotatable bonds is 3. The van der Waals surface area contributed by atoms with E-state index in [4.69, 9.17) is 0 Å². The van der Waals surface area contributed by atoms with Gasteiger partial charge in [0.2, 0.25) is 5.91 Å². The molecule has 3 saturated heterocycles. The van der Waals surface area contributed by atoms with Crippen LogP contribution in [0.4, 0.5) is 0 Å². The van der Waals surface area contributed by atoms with E-state index in [-0.39, 0.29) is 5.92 Å². The number of amides is 1. The number of likely N-dealkylation sites (tertiary alicyclic amines) is 1. The first-order chi connectivity index (χ1) is 10.2. The van der Waals surface area contributed by atoms with Crippen LogP contribution in [-0.4, -0.2) is 74.6 Å². The number of carbonyl (C=O) groups is 1. The molecule has 0 radical (unpaired) electrons. The summed E-state index contributed by atoms with van der Waals surface area (Å²) >= 11 is 0. The lowest BCUT2D eigenvalue weighted by Crippen LogP contribution is -2.52. The largest absolute Gasteiger partial charge is 0.340 e. The smallest absolute Gasteiger partial charge is 0.227 e. The van der Waals surface area contributed by atoms with Crippen molar-refractivity contribution in [3.8, 4) is 0 Å². The summed E-state index contributed by atoms with van der Waals surface area (Å²) < 4.78 is 0. The SMILES string of the molecule is CC1(CN2CCCC(C(=O)N3CCNCC3)C2)CCNC1. The van der Waals surface area contributed by atoms with Crippen molar-refractivity contribution < 1.29 is 4.79 Å². The van der Waals surface area contributed by atoms with E-state index in [0.29, 0.717) is 11.3 Å². The highest BCUT2D eigenvalue weighted by molar-refractivity contribution is 5.79. The average Bonchev–Trinajstić information content (AvgIpc) is 2.94. The molecule has 3 heterocycles. The molecule has 0 saturated carbocycles. The fraction of sp³-hybridized carbons (Fsp3) is 0.938. The van der Waals surface area contributed by atoms with Gasteiger partial charge in [0.25, 0.3) is 0 Å². The Kier molecular flexibility index (Phi) is 4.82. The predicted octanol–water partition coefficient (Wildman–Crippen LogP) is 0.130. The Bertz CT molecular complexity index is 361. The standard InChI is InChI=1S/C16H30N4O/c1-16(4-5-18-12-16)13-19-8-2-3-14(11-19)15(21)20-9-6-17-7-10-20/h14,17-18H,2-13H2,1H3. The minimum Gasteiger partial charge on any atom is -0.340 e. The van der Waals surface area contributed by atoms with Crippen LogP contribution in [0.1, 0.15) is 26.2 Å². The molecular formula is C16H30N4O. The number of nitrogens with one attached hydrogen (secondary N) is 2. The van der Waals surface area contributed by atoms with Crippen LogP contribution in [-0.2, 0) is 4.79 Å². The van der Waals surface area contributed by atoms with E-state index in [1.54, 1.807) is 0 Å². The van der Waals surface area contributed by atoms with Crippen LogP contribution in [0.15, 0.2) is 0 Å². The molecular weight excluding hydrogens is 264 g/mol. The summed E-state index contributed by atoms with van der Waals surface area (Å²) in [5.74, 6) is 0.630. The molecule has 2 atom stereocenters. The Labute approximate surface area is 128 Å².